The Kier molecular flexibility index (Phi) is 6.71. The second-order valence-corrected chi connectivity index (χ2v) is 8.43. The van der Waals surface area contributed by atoms with Crippen LogP contribution < -0.4 is 5.32 Å². The summed E-state index contributed by atoms with van der Waals surface area (Å²) >= 11 is 1.50. The van der Waals surface area contributed by atoms with Crippen LogP contribution in [0.4, 0.5) is 4.79 Å². The first-order chi connectivity index (χ1) is 10.1. The van der Waals surface area contributed by atoms with E-state index in [-0.39, 0.29) is 6.04 Å². The molecule has 0 aliphatic heterocycles. The van der Waals surface area contributed by atoms with Crippen molar-refractivity contribution in [3.8, 4) is 0 Å². The zero-order chi connectivity index (χ0) is 16.9. The van der Waals surface area contributed by atoms with Crippen molar-refractivity contribution in [3.63, 3.8) is 0 Å². The first kappa shape index (κ1) is 18.8. The second-order valence-electron chi connectivity index (χ2n) is 6.90. The Morgan fingerprint density at radius 2 is 1.91 bits per heavy atom. The van der Waals surface area contributed by atoms with Crippen LogP contribution in [0.1, 0.15) is 66.8 Å². The van der Waals surface area contributed by atoms with Gasteiger partial charge in [0, 0.05) is 5.25 Å². The molecule has 1 atom stereocenters. The molecule has 0 unspecified atom stereocenters. The molecule has 0 saturated carbocycles. The summed E-state index contributed by atoms with van der Waals surface area (Å²) in [5.41, 5.74) is -0.542. The molecule has 0 spiro atoms. The maximum atomic E-state index is 12.0. The smallest absolute Gasteiger partial charge is 0.408 e. The average Bonchev–Trinajstić information content (AvgIpc) is 2.72. The Morgan fingerprint density at radius 3 is 2.41 bits per heavy atom. The molecule has 1 heterocycles. The first-order valence-electron chi connectivity index (χ1n) is 7.56. The highest BCUT2D eigenvalue weighted by Gasteiger charge is 2.25. The van der Waals surface area contributed by atoms with E-state index in [1.807, 2.05) is 20.8 Å². The van der Waals surface area contributed by atoms with Gasteiger partial charge in [-0.1, -0.05) is 39.5 Å². The maximum Gasteiger partial charge on any atom is 0.408 e. The molecular formula is C15H27N3O3S. The van der Waals surface area contributed by atoms with Crippen LogP contribution in [0.15, 0.2) is 9.64 Å². The van der Waals surface area contributed by atoms with Gasteiger partial charge < -0.3 is 14.5 Å². The predicted octanol–water partition coefficient (Wildman–Crippen LogP) is 4.18. The summed E-state index contributed by atoms with van der Waals surface area (Å²) in [6.07, 6.45) is 0.224. The third-order valence-corrected chi connectivity index (χ3v) is 3.29. The van der Waals surface area contributed by atoms with E-state index in [1.165, 1.54) is 11.8 Å². The number of carbonyl (C=O) groups is 1. The molecule has 0 aromatic carbocycles. The van der Waals surface area contributed by atoms with Crippen LogP contribution in [0.5, 0.6) is 0 Å². The summed E-state index contributed by atoms with van der Waals surface area (Å²) in [7, 11) is 0. The summed E-state index contributed by atoms with van der Waals surface area (Å²) in [5, 5.41) is 11.8. The van der Waals surface area contributed by atoms with Gasteiger partial charge >= 0.3 is 6.09 Å². The van der Waals surface area contributed by atoms with E-state index in [4.69, 9.17) is 9.15 Å². The van der Waals surface area contributed by atoms with Crippen molar-refractivity contribution in [2.45, 2.75) is 77.0 Å². The van der Waals surface area contributed by atoms with E-state index in [0.29, 0.717) is 28.7 Å². The second kappa shape index (κ2) is 7.85. The monoisotopic (exact) mass is 329 g/mol. The highest BCUT2D eigenvalue weighted by atomic mass is 32.2. The van der Waals surface area contributed by atoms with Crippen molar-refractivity contribution in [2.75, 3.05) is 0 Å². The summed E-state index contributed by atoms with van der Waals surface area (Å²) in [4.78, 5) is 12.0. The molecule has 126 valence electrons. The highest BCUT2D eigenvalue weighted by molar-refractivity contribution is 7.99. The van der Waals surface area contributed by atoms with E-state index in [1.54, 1.807) is 0 Å². The third kappa shape index (κ3) is 7.15. The van der Waals surface area contributed by atoms with Gasteiger partial charge in [-0.05, 0) is 33.1 Å². The molecule has 1 rings (SSSR count). The minimum Gasteiger partial charge on any atom is -0.444 e. The Hall–Kier alpha value is -1.24. The fourth-order valence-corrected chi connectivity index (χ4v) is 2.38. The van der Waals surface area contributed by atoms with Crippen molar-refractivity contribution in [1.29, 1.82) is 0 Å². The summed E-state index contributed by atoms with van der Waals surface area (Å²) in [5.74, 6) is 0.788. The van der Waals surface area contributed by atoms with E-state index in [2.05, 4.69) is 43.2 Å². The molecule has 1 amide bonds. The van der Waals surface area contributed by atoms with Gasteiger partial charge in [0.15, 0.2) is 0 Å². The lowest BCUT2D eigenvalue weighted by Gasteiger charge is -2.22. The van der Waals surface area contributed by atoms with Crippen LogP contribution >= 0.6 is 11.8 Å². The summed E-state index contributed by atoms with van der Waals surface area (Å²) in [6, 6.07) is -0.344. The lowest BCUT2D eigenvalue weighted by atomic mass is 10.0. The molecule has 0 fully saturated rings. The van der Waals surface area contributed by atoms with Gasteiger partial charge in [0.05, 0.1) is 0 Å². The Morgan fingerprint density at radius 1 is 1.27 bits per heavy atom. The SMILES string of the molecule is CC(C)C[C@H](NC(=O)OC(C)(C)C)c1nnc(SC(C)C)o1. The number of aromatic nitrogens is 2. The molecule has 7 heteroatoms. The number of hydrogen-bond donors (Lipinski definition) is 1. The van der Waals surface area contributed by atoms with Crippen molar-refractivity contribution >= 4 is 17.9 Å². The van der Waals surface area contributed by atoms with Crippen LogP contribution in [0.2, 0.25) is 0 Å². The van der Waals surface area contributed by atoms with Crippen LogP contribution in [0.3, 0.4) is 0 Å². The van der Waals surface area contributed by atoms with E-state index < -0.39 is 11.7 Å². The number of hydrogen-bond acceptors (Lipinski definition) is 6. The zero-order valence-electron chi connectivity index (χ0n) is 14.5. The van der Waals surface area contributed by atoms with Gasteiger partial charge in [-0.2, -0.15) is 0 Å². The van der Waals surface area contributed by atoms with Gasteiger partial charge in [0.1, 0.15) is 11.6 Å². The molecule has 1 aromatic rings. The van der Waals surface area contributed by atoms with Crippen molar-refractivity contribution < 1.29 is 13.9 Å². The molecule has 6 nitrogen and oxygen atoms in total. The first-order valence-corrected chi connectivity index (χ1v) is 8.44. The van der Waals surface area contributed by atoms with Gasteiger partial charge in [-0.3, -0.25) is 0 Å². The molecule has 22 heavy (non-hydrogen) atoms. The van der Waals surface area contributed by atoms with Crippen LogP contribution in [0, 0.1) is 5.92 Å². The van der Waals surface area contributed by atoms with Crippen LogP contribution in [0.25, 0.3) is 0 Å². The third-order valence-electron chi connectivity index (χ3n) is 2.45. The standard InChI is InChI=1S/C15H27N3O3S/c1-9(2)8-11(16-13(19)21-15(5,6)7)12-17-18-14(20-12)22-10(3)4/h9-11H,8H2,1-7H3,(H,16,19)/t11-/m0/s1. The lowest BCUT2D eigenvalue weighted by Crippen LogP contribution is -2.35. The number of thioether (sulfide) groups is 1. The topological polar surface area (TPSA) is 77.2 Å². The Bertz CT molecular complexity index is 481. The number of carbonyl (C=O) groups excluding carboxylic acids is 1. The summed E-state index contributed by atoms with van der Waals surface area (Å²) in [6.45, 7) is 13.7. The van der Waals surface area contributed by atoms with Crippen LogP contribution in [-0.2, 0) is 4.74 Å². The van der Waals surface area contributed by atoms with Crippen LogP contribution in [-0.4, -0.2) is 27.1 Å². The maximum absolute atomic E-state index is 12.0. The Labute approximate surface area is 136 Å². The fourth-order valence-electron chi connectivity index (χ4n) is 1.75. The number of ether oxygens (including phenoxy) is 1. The van der Waals surface area contributed by atoms with Crippen molar-refractivity contribution in [2.24, 2.45) is 5.92 Å². The van der Waals surface area contributed by atoms with Crippen molar-refractivity contribution in [1.82, 2.24) is 15.5 Å². The van der Waals surface area contributed by atoms with Gasteiger partial charge in [-0.25, -0.2) is 4.79 Å². The minimum atomic E-state index is -0.542. The summed E-state index contributed by atoms with van der Waals surface area (Å²) < 4.78 is 11.0. The Balaban J connectivity index is 2.79. The predicted molar refractivity (Wildman–Crippen MR) is 86.9 cm³/mol. The zero-order valence-corrected chi connectivity index (χ0v) is 15.3. The largest absolute Gasteiger partial charge is 0.444 e. The quantitative estimate of drug-likeness (QED) is 0.789. The molecule has 0 radical (unpaired) electrons. The highest BCUT2D eigenvalue weighted by Crippen LogP contribution is 2.26. The van der Waals surface area contributed by atoms with Crippen molar-refractivity contribution in [3.05, 3.63) is 5.89 Å². The number of amides is 1. The molecule has 0 aliphatic carbocycles. The van der Waals surface area contributed by atoms with E-state index in [9.17, 15) is 4.79 Å². The molecule has 1 aromatic heterocycles. The fraction of sp³-hybridized carbons (Fsp3) is 0.800. The normalized spacial score (nSPS) is 13.5. The average molecular weight is 329 g/mol. The van der Waals surface area contributed by atoms with Gasteiger partial charge in [0.25, 0.3) is 5.22 Å². The lowest BCUT2D eigenvalue weighted by molar-refractivity contribution is 0.0487. The van der Waals surface area contributed by atoms with E-state index in [0.717, 1.165) is 0 Å². The number of alkyl carbamates (subject to hydrolysis) is 1. The molecule has 0 bridgehead atoms. The molecule has 1 N–H and O–H groups in total. The van der Waals surface area contributed by atoms with Gasteiger partial charge in [0.2, 0.25) is 5.89 Å². The van der Waals surface area contributed by atoms with Gasteiger partial charge in [-0.15, -0.1) is 10.2 Å². The molecule has 0 saturated heterocycles. The molecular weight excluding hydrogens is 302 g/mol. The minimum absolute atomic E-state index is 0.344. The number of rotatable bonds is 6. The van der Waals surface area contributed by atoms with E-state index >= 15 is 0 Å². The number of nitrogens with zero attached hydrogens (tertiary/aromatic N) is 2. The number of nitrogens with one attached hydrogen (secondary N) is 1. The molecule has 0 aliphatic rings.